The normalized spacial score (nSPS) is 10.7. The number of amides is 1. The fourth-order valence-electron chi connectivity index (χ4n) is 2.11. The quantitative estimate of drug-likeness (QED) is 0.565. The van der Waals surface area contributed by atoms with Gasteiger partial charge >= 0.3 is 0 Å². The van der Waals surface area contributed by atoms with Crippen molar-refractivity contribution in [1.29, 1.82) is 0 Å². The van der Waals surface area contributed by atoms with E-state index < -0.39 is 0 Å². The average molecular weight is 328 g/mol. The van der Waals surface area contributed by atoms with Gasteiger partial charge in [-0.3, -0.25) is 9.89 Å². The van der Waals surface area contributed by atoms with Crippen LogP contribution in [0, 0.1) is 0 Å². The molecule has 0 fully saturated rings. The van der Waals surface area contributed by atoms with E-state index in [-0.39, 0.29) is 5.91 Å². The van der Waals surface area contributed by atoms with E-state index in [4.69, 9.17) is 0 Å². The minimum atomic E-state index is -0.150. The highest BCUT2D eigenvalue weighted by Crippen LogP contribution is 2.24. The van der Waals surface area contributed by atoms with Crippen LogP contribution >= 0.6 is 11.8 Å². The molecule has 0 aliphatic carbocycles. The number of carbonyl (C=O) groups is 1. The molecular weight excluding hydrogens is 312 g/mol. The van der Waals surface area contributed by atoms with Crippen molar-refractivity contribution >= 4 is 40.1 Å². The van der Waals surface area contributed by atoms with Gasteiger partial charge in [-0.1, -0.05) is 11.8 Å². The third-order valence-electron chi connectivity index (χ3n) is 3.29. The summed E-state index contributed by atoms with van der Waals surface area (Å²) >= 11 is 1.42. The molecule has 1 aromatic carbocycles. The number of fused-ring (bicyclic) bond motifs is 1. The molecule has 3 aromatic rings. The Bertz CT molecular complexity index is 860. The summed E-state index contributed by atoms with van der Waals surface area (Å²) in [6.45, 7) is 0. The van der Waals surface area contributed by atoms with Crippen LogP contribution in [0.3, 0.4) is 0 Å². The Kier molecular flexibility index (Phi) is 4.16. The molecule has 118 valence electrons. The maximum Gasteiger partial charge on any atom is 0.258 e. The van der Waals surface area contributed by atoms with Crippen LogP contribution in [0.5, 0.6) is 0 Å². The molecule has 0 unspecified atom stereocenters. The van der Waals surface area contributed by atoms with E-state index in [0.717, 1.165) is 16.6 Å². The van der Waals surface area contributed by atoms with Gasteiger partial charge in [-0.2, -0.15) is 5.10 Å². The van der Waals surface area contributed by atoms with E-state index in [0.29, 0.717) is 16.5 Å². The van der Waals surface area contributed by atoms with Gasteiger partial charge in [0.25, 0.3) is 5.91 Å². The predicted octanol–water partition coefficient (Wildman–Crippen LogP) is 2.52. The highest BCUT2D eigenvalue weighted by Gasteiger charge is 2.16. The molecule has 1 amide bonds. The average Bonchev–Trinajstić information content (AvgIpc) is 3.01. The number of rotatable bonds is 4. The molecule has 2 heterocycles. The number of nitrogens with one attached hydrogen (secondary N) is 2. The highest BCUT2D eigenvalue weighted by molar-refractivity contribution is 7.98. The van der Waals surface area contributed by atoms with Crippen LogP contribution in [-0.2, 0) is 0 Å². The Labute approximate surface area is 137 Å². The van der Waals surface area contributed by atoms with Crippen molar-refractivity contribution in [2.24, 2.45) is 0 Å². The summed E-state index contributed by atoms with van der Waals surface area (Å²) in [4.78, 5) is 22.4. The van der Waals surface area contributed by atoms with Crippen LogP contribution in [0.2, 0.25) is 0 Å². The standard InChI is InChI=1S/C15H16N6OS/c1-21(2)14(22)11-8-16-15(23-3)19-13(11)18-10-5-4-9-7-17-20-12(9)6-10/h4-8H,1-3H3,(H,17,20)(H,16,18,19). The monoisotopic (exact) mass is 328 g/mol. The summed E-state index contributed by atoms with van der Waals surface area (Å²) in [5.74, 6) is 0.338. The third-order valence-corrected chi connectivity index (χ3v) is 3.85. The molecule has 0 aliphatic heterocycles. The van der Waals surface area contributed by atoms with Crippen molar-refractivity contribution in [1.82, 2.24) is 25.1 Å². The summed E-state index contributed by atoms with van der Waals surface area (Å²) in [5, 5.41) is 11.8. The molecule has 23 heavy (non-hydrogen) atoms. The number of nitrogens with zero attached hydrogens (tertiary/aromatic N) is 4. The van der Waals surface area contributed by atoms with Crippen molar-refractivity contribution in [3.63, 3.8) is 0 Å². The Morgan fingerprint density at radius 2 is 2.13 bits per heavy atom. The van der Waals surface area contributed by atoms with E-state index in [1.165, 1.54) is 16.7 Å². The second-order valence-corrected chi connectivity index (χ2v) is 5.89. The fourth-order valence-corrected chi connectivity index (χ4v) is 2.45. The Balaban J connectivity index is 2.00. The molecule has 0 aliphatic rings. The lowest BCUT2D eigenvalue weighted by Gasteiger charge is -2.15. The van der Waals surface area contributed by atoms with E-state index in [1.807, 2.05) is 24.5 Å². The summed E-state index contributed by atoms with van der Waals surface area (Å²) in [7, 11) is 3.40. The number of aromatic nitrogens is 4. The van der Waals surface area contributed by atoms with E-state index in [9.17, 15) is 4.79 Å². The lowest BCUT2D eigenvalue weighted by atomic mass is 10.2. The lowest BCUT2D eigenvalue weighted by molar-refractivity contribution is 0.0827. The molecule has 7 nitrogen and oxygen atoms in total. The number of benzene rings is 1. The zero-order valence-corrected chi connectivity index (χ0v) is 13.8. The molecule has 2 N–H and O–H groups in total. The van der Waals surface area contributed by atoms with E-state index >= 15 is 0 Å². The van der Waals surface area contributed by atoms with Crippen molar-refractivity contribution in [3.8, 4) is 0 Å². The number of aromatic amines is 1. The number of H-pyrrole nitrogens is 1. The summed E-state index contributed by atoms with van der Waals surface area (Å²) in [6.07, 6.45) is 5.21. The summed E-state index contributed by atoms with van der Waals surface area (Å²) < 4.78 is 0. The molecule has 0 saturated carbocycles. The number of anilines is 2. The van der Waals surface area contributed by atoms with Crippen molar-refractivity contribution < 1.29 is 4.79 Å². The number of carbonyl (C=O) groups excluding carboxylic acids is 1. The van der Waals surface area contributed by atoms with Crippen LogP contribution in [0.4, 0.5) is 11.5 Å². The Morgan fingerprint density at radius 3 is 2.87 bits per heavy atom. The first-order valence-corrected chi connectivity index (χ1v) is 8.14. The summed E-state index contributed by atoms with van der Waals surface area (Å²) in [5.41, 5.74) is 2.16. The first kappa shape index (κ1) is 15.3. The van der Waals surface area contributed by atoms with E-state index in [2.05, 4.69) is 25.5 Å². The maximum atomic E-state index is 12.3. The number of hydrogen-bond donors (Lipinski definition) is 2. The van der Waals surface area contributed by atoms with Crippen molar-refractivity contribution in [3.05, 3.63) is 36.2 Å². The van der Waals surface area contributed by atoms with Gasteiger partial charge in [0.1, 0.15) is 11.4 Å². The molecule has 0 spiro atoms. The van der Waals surface area contributed by atoms with Gasteiger partial charge in [0, 0.05) is 31.4 Å². The maximum absolute atomic E-state index is 12.3. The molecule has 0 atom stereocenters. The van der Waals surface area contributed by atoms with Gasteiger partial charge in [0.2, 0.25) is 0 Å². The molecule has 8 heteroatoms. The van der Waals surface area contributed by atoms with E-state index in [1.54, 1.807) is 26.5 Å². The number of hydrogen-bond acceptors (Lipinski definition) is 6. The second-order valence-electron chi connectivity index (χ2n) is 5.12. The molecule has 0 radical (unpaired) electrons. The van der Waals surface area contributed by atoms with Crippen LogP contribution in [0.15, 0.2) is 35.7 Å². The SMILES string of the molecule is CSc1ncc(C(=O)N(C)C)c(Nc2ccc3cn[nH]c3c2)n1. The molecule has 2 aromatic heterocycles. The van der Waals surface area contributed by atoms with Crippen molar-refractivity contribution in [2.75, 3.05) is 25.7 Å². The fraction of sp³-hybridized carbons (Fsp3) is 0.200. The van der Waals surface area contributed by atoms with Crippen molar-refractivity contribution in [2.45, 2.75) is 5.16 Å². The smallest absolute Gasteiger partial charge is 0.258 e. The molecule has 0 bridgehead atoms. The topological polar surface area (TPSA) is 86.8 Å². The van der Waals surface area contributed by atoms with Crippen LogP contribution in [0.25, 0.3) is 10.9 Å². The zero-order valence-electron chi connectivity index (χ0n) is 13.0. The highest BCUT2D eigenvalue weighted by atomic mass is 32.2. The third kappa shape index (κ3) is 3.11. The van der Waals surface area contributed by atoms with Crippen LogP contribution in [0.1, 0.15) is 10.4 Å². The van der Waals surface area contributed by atoms with Crippen LogP contribution < -0.4 is 5.32 Å². The lowest BCUT2D eigenvalue weighted by Crippen LogP contribution is -2.23. The largest absolute Gasteiger partial charge is 0.345 e. The minimum Gasteiger partial charge on any atom is -0.345 e. The zero-order chi connectivity index (χ0) is 16.4. The van der Waals surface area contributed by atoms with Gasteiger partial charge in [0.05, 0.1) is 11.7 Å². The minimum absolute atomic E-state index is 0.150. The van der Waals surface area contributed by atoms with Gasteiger partial charge in [-0.15, -0.1) is 0 Å². The Morgan fingerprint density at radius 1 is 1.30 bits per heavy atom. The molecule has 3 rings (SSSR count). The molecular formula is C15H16N6OS. The van der Waals surface area contributed by atoms with Gasteiger partial charge in [-0.05, 0) is 24.5 Å². The van der Waals surface area contributed by atoms with Gasteiger partial charge in [-0.25, -0.2) is 9.97 Å². The second kappa shape index (κ2) is 6.25. The van der Waals surface area contributed by atoms with Gasteiger partial charge in [0.15, 0.2) is 5.16 Å². The predicted molar refractivity (Wildman–Crippen MR) is 91.2 cm³/mol. The summed E-state index contributed by atoms with van der Waals surface area (Å²) in [6, 6.07) is 5.79. The van der Waals surface area contributed by atoms with Gasteiger partial charge < -0.3 is 10.2 Å². The molecule has 0 saturated heterocycles. The van der Waals surface area contributed by atoms with Crippen LogP contribution in [-0.4, -0.2) is 51.3 Å². The number of thioether (sulfide) groups is 1. The Hall–Kier alpha value is -2.61. The first-order valence-electron chi connectivity index (χ1n) is 6.91. The first-order chi connectivity index (χ1) is 11.1.